The SMILES string of the molecule is CC1CCC(N)C(C2CCOC3(CCSCC3)C2)C1. The molecule has 19 heavy (non-hydrogen) atoms. The Morgan fingerprint density at radius 3 is 2.74 bits per heavy atom. The van der Waals surface area contributed by atoms with E-state index < -0.39 is 0 Å². The van der Waals surface area contributed by atoms with Crippen molar-refractivity contribution >= 4 is 11.8 Å². The molecule has 3 heteroatoms. The summed E-state index contributed by atoms with van der Waals surface area (Å²) in [4.78, 5) is 0. The number of thioether (sulfide) groups is 1. The van der Waals surface area contributed by atoms with E-state index in [1.54, 1.807) is 0 Å². The molecule has 2 nitrogen and oxygen atoms in total. The fourth-order valence-electron chi connectivity index (χ4n) is 4.51. The van der Waals surface area contributed by atoms with Gasteiger partial charge in [0.25, 0.3) is 0 Å². The van der Waals surface area contributed by atoms with E-state index in [-0.39, 0.29) is 5.60 Å². The molecule has 2 N–H and O–H groups in total. The van der Waals surface area contributed by atoms with Crippen molar-refractivity contribution in [3.63, 3.8) is 0 Å². The van der Waals surface area contributed by atoms with Gasteiger partial charge in [0.2, 0.25) is 0 Å². The first-order valence-corrected chi connectivity index (χ1v) is 9.31. The lowest BCUT2D eigenvalue weighted by Gasteiger charge is -2.48. The summed E-state index contributed by atoms with van der Waals surface area (Å²) in [5.41, 5.74) is 6.68. The Bertz CT molecular complexity index is 298. The molecule has 1 saturated carbocycles. The Balaban J connectivity index is 1.66. The molecule has 0 aromatic carbocycles. The highest BCUT2D eigenvalue weighted by molar-refractivity contribution is 7.99. The smallest absolute Gasteiger partial charge is 0.0701 e. The van der Waals surface area contributed by atoms with Crippen molar-refractivity contribution in [2.75, 3.05) is 18.1 Å². The molecule has 1 spiro atoms. The Morgan fingerprint density at radius 1 is 1.16 bits per heavy atom. The minimum atomic E-state index is 0.231. The van der Waals surface area contributed by atoms with Crippen LogP contribution in [-0.4, -0.2) is 29.8 Å². The second kappa shape index (κ2) is 5.95. The molecule has 110 valence electrons. The number of rotatable bonds is 1. The molecule has 0 aromatic rings. The highest BCUT2D eigenvalue weighted by Gasteiger charge is 2.43. The average Bonchev–Trinajstić information content (AvgIpc) is 2.42. The Kier molecular flexibility index (Phi) is 4.45. The summed E-state index contributed by atoms with van der Waals surface area (Å²) in [7, 11) is 0. The third-order valence-electron chi connectivity index (χ3n) is 5.76. The van der Waals surface area contributed by atoms with E-state index in [0.29, 0.717) is 6.04 Å². The average molecular weight is 283 g/mol. The number of hydrogen-bond acceptors (Lipinski definition) is 3. The van der Waals surface area contributed by atoms with Gasteiger partial charge in [-0.25, -0.2) is 0 Å². The first-order chi connectivity index (χ1) is 9.19. The van der Waals surface area contributed by atoms with Gasteiger partial charge in [0.1, 0.15) is 0 Å². The van der Waals surface area contributed by atoms with E-state index in [2.05, 4.69) is 18.7 Å². The summed E-state index contributed by atoms with van der Waals surface area (Å²) in [5, 5.41) is 0. The minimum Gasteiger partial charge on any atom is -0.375 e. The molecule has 0 radical (unpaired) electrons. The molecular weight excluding hydrogens is 254 g/mol. The fourth-order valence-corrected chi connectivity index (χ4v) is 5.75. The van der Waals surface area contributed by atoms with Crippen molar-refractivity contribution in [3.8, 4) is 0 Å². The molecule has 4 atom stereocenters. The zero-order valence-corrected chi connectivity index (χ0v) is 13.1. The van der Waals surface area contributed by atoms with Crippen molar-refractivity contribution in [1.29, 1.82) is 0 Å². The van der Waals surface area contributed by atoms with Gasteiger partial charge in [-0.05, 0) is 74.2 Å². The topological polar surface area (TPSA) is 35.2 Å². The van der Waals surface area contributed by atoms with Gasteiger partial charge in [-0.15, -0.1) is 0 Å². The summed E-state index contributed by atoms with van der Waals surface area (Å²) >= 11 is 2.10. The van der Waals surface area contributed by atoms with E-state index >= 15 is 0 Å². The van der Waals surface area contributed by atoms with Gasteiger partial charge >= 0.3 is 0 Å². The lowest BCUT2D eigenvalue weighted by molar-refractivity contribution is -0.115. The maximum Gasteiger partial charge on any atom is 0.0701 e. The van der Waals surface area contributed by atoms with Crippen molar-refractivity contribution in [3.05, 3.63) is 0 Å². The fraction of sp³-hybridized carbons (Fsp3) is 1.00. The van der Waals surface area contributed by atoms with Crippen LogP contribution in [0.15, 0.2) is 0 Å². The predicted molar refractivity (Wildman–Crippen MR) is 82.4 cm³/mol. The molecule has 0 amide bonds. The van der Waals surface area contributed by atoms with Gasteiger partial charge in [-0.1, -0.05) is 6.92 Å². The maximum atomic E-state index is 6.45. The molecular formula is C16H29NOS. The highest BCUT2D eigenvalue weighted by Crippen LogP contribution is 2.45. The van der Waals surface area contributed by atoms with Crippen molar-refractivity contribution in [2.45, 2.75) is 63.5 Å². The first-order valence-electron chi connectivity index (χ1n) is 8.16. The van der Waals surface area contributed by atoms with Crippen LogP contribution < -0.4 is 5.73 Å². The molecule has 3 aliphatic rings. The van der Waals surface area contributed by atoms with Crippen LogP contribution in [0.5, 0.6) is 0 Å². The van der Waals surface area contributed by atoms with Gasteiger partial charge in [-0.2, -0.15) is 11.8 Å². The molecule has 2 saturated heterocycles. The van der Waals surface area contributed by atoms with E-state index in [9.17, 15) is 0 Å². The van der Waals surface area contributed by atoms with Gasteiger partial charge in [0.05, 0.1) is 5.60 Å². The van der Waals surface area contributed by atoms with E-state index in [1.807, 2.05) is 0 Å². The molecule has 0 aromatic heterocycles. The molecule has 3 fully saturated rings. The van der Waals surface area contributed by atoms with Gasteiger partial charge in [0, 0.05) is 12.6 Å². The molecule has 0 bridgehead atoms. The second-order valence-corrected chi connectivity index (χ2v) is 8.37. The maximum absolute atomic E-state index is 6.45. The summed E-state index contributed by atoms with van der Waals surface area (Å²) in [5.74, 6) is 5.05. The summed E-state index contributed by atoms with van der Waals surface area (Å²) in [6.07, 6.45) is 9.02. The predicted octanol–water partition coefficient (Wildman–Crippen LogP) is 3.44. The van der Waals surface area contributed by atoms with Crippen molar-refractivity contribution in [1.82, 2.24) is 0 Å². The van der Waals surface area contributed by atoms with Crippen LogP contribution in [0.2, 0.25) is 0 Å². The van der Waals surface area contributed by atoms with Crippen LogP contribution in [-0.2, 0) is 4.74 Å². The lowest BCUT2D eigenvalue weighted by Crippen LogP contribution is -2.48. The van der Waals surface area contributed by atoms with E-state index in [0.717, 1.165) is 24.4 Å². The first kappa shape index (κ1) is 14.2. The normalized spacial score (nSPS) is 43.3. The van der Waals surface area contributed by atoms with E-state index in [1.165, 1.54) is 56.5 Å². The largest absolute Gasteiger partial charge is 0.375 e. The molecule has 4 unspecified atom stereocenters. The lowest BCUT2D eigenvalue weighted by atomic mass is 9.67. The van der Waals surface area contributed by atoms with Crippen molar-refractivity contribution in [2.24, 2.45) is 23.5 Å². The molecule has 2 heterocycles. The van der Waals surface area contributed by atoms with Crippen LogP contribution in [0.25, 0.3) is 0 Å². The third kappa shape index (κ3) is 3.14. The van der Waals surface area contributed by atoms with Crippen molar-refractivity contribution < 1.29 is 4.74 Å². The van der Waals surface area contributed by atoms with Crippen LogP contribution >= 0.6 is 11.8 Å². The van der Waals surface area contributed by atoms with Crippen LogP contribution in [0.4, 0.5) is 0 Å². The van der Waals surface area contributed by atoms with Crippen LogP contribution in [0.1, 0.15) is 51.9 Å². The zero-order chi connectivity index (χ0) is 13.3. The van der Waals surface area contributed by atoms with Crippen LogP contribution in [0.3, 0.4) is 0 Å². The van der Waals surface area contributed by atoms with Gasteiger partial charge < -0.3 is 10.5 Å². The minimum absolute atomic E-state index is 0.231. The number of hydrogen-bond donors (Lipinski definition) is 1. The third-order valence-corrected chi connectivity index (χ3v) is 6.74. The van der Waals surface area contributed by atoms with Gasteiger partial charge in [-0.3, -0.25) is 0 Å². The highest BCUT2D eigenvalue weighted by atomic mass is 32.2. The Morgan fingerprint density at radius 2 is 1.95 bits per heavy atom. The second-order valence-electron chi connectivity index (χ2n) is 7.14. The summed E-state index contributed by atoms with van der Waals surface area (Å²) < 4.78 is 6.24. The number of ether oxygens (including phenoxy) is 1. The number of nitrogens with two attached hydrogens (primary N) is 1. The standard InChI is InChI=1S/C16H29NOS/c1-12-2-3-15(17)14(10-12)13-4-7-18-16(11-13)5-8-19-9-6-16/h12-15H,2-11,17H2,1H3. The summed E-state index contributed by atoms with van der Waals surface area (Å²) in [6, 6.07) is 0.453. The monoisotopic (exact) mass is 283 g/mol. The molecule has 2 aliphatic heterocycles. The van der Waals surface area contributed by atoms with Crippen LogP contribution in [0, 0.1) is 17.8 Å². The zero-order valence-electron chi connectivity index (χ0n) is 12.3. The quantitative estimate of drug-likeness (QED) is 0.800. The Hall–Kier alpha value is 0.270. The summed E-state index contributed by atoms with van der Waals surface area (Å²) in [6.45, 7) is 3.39. The molecule has 3 rings (SSSR count). The Labute approximate surface area is 122 Å². The van der Waals surface area contributed by atoms with Gasteiger partial charge in [0.15, 0.2) is 0 Å². The van der Waals surface area contributed by atoms with E-state index in [4.69, 9.17) is 10.5 Å². The molecule has 1 aliphatic carbocycles.